The Hall–Kier alpha value is -2.15. The average molecular weight is 369 g/mol. The second-order valence-electron chi connectivity index (χ2n) is 5.63. The molecule has 1 amide bonds. The Labute approximate surface area is 146 Å². The Kier molecular flexibility index (Phi) is 6.36. The zero-order valence-electron chi connectivity index (χ0n) is 13.6. The van der Waals surface area contributed by atoms with Gasteiger partial charge in [0.2, 0.25) is 5.91 Å². The van der Waals surface area contributed by atoms with Crippen LogP contribution in [0.1, 0.15) is 22.3 Å². The van der Waals surface area contributed by atoms with Crippen molar-refractivity contribution in [1.29, 1.82) is 0 Å². The van der Waals surface area contributed by atoms with E-state index in [9.17, 15) is 22.2 Å². The van der Waals surface area contributed by atoms with Gasteiger partial charge in [0.15, 0.2) is 0 Å². The molecule has 2 aromatic carbocycles. The summed E-state index contributed by atoms with van der Waals surface area (Å²) < 4.78 is 50.0. The number of carbonyl (C=O) groups excluding carboxylic acids is 1. The molecule has 0 spiro atoms. The Balaban J connectivity index is 1.88. The van der Waals surface area contributed by atoms with Gasteiger partial charge in [0, 0.05) is 23.1 Å². The fourth-order valence-corrected chi connectivity index (χ4v) is 3.32. The lowest BCUT2D eigenvalue weighted by molar-refractivity contribution is -0.137. The molecule has 2 rings (SSSR count). The van der Waals surface area contributed by atoms with E-state index in [4.69, 9.17) is 0 Å². The van der Waals surface area contributed by atoms with Crippen molar-refractivity contribution in [2.24, 2.45) is 0 Å². The third kappa shape index (κ3) is 6.01. The molecule has 0 aliphatic rings. The third-order valence-corrected chi connectivity index (χ3v) is 4.85. The van der Waals surface area contributed by atoms with Crippen molar-refractivity contribution in [3.8, 4) is 0 Å². The van der Waals surface area contributed by atoms with Gasteiger partial charge in [0.05, 0.1) is 5.56 Å². The third-order valence-electron chi connectivity index (χ3n) is 3.61. The molecule has 0 heterocycles. The van der Waals surface area contributed by atoms with Crippen molar-refractivity contribution in [1.82, 2.24) is 5.32 Å². The normalized spacial score (nSPS) is 12.6. The van der Waals surface area contributed by atoms with Gasteiger partial charge in [0.25, 0.3) is 0 Å². The van der Waals surface area contributed by atoms with E-state index in [0.717, 1.165) is 23.3 Å². The largest absolute Gasteiger partial charge is 0.416 e. The lowest BCUT2D eigenvalue weighted by Gasteiger charge is -2.09. The summed E-state index contributed by atoms with van der Waals surface area (Å²) in [4.78, 5) is 11.9. The maximum atomic E-state index is 12.7. The first-order valence-corrected chi connectivity index (χ1v) is 9.07. The maximum absolute atomic E-state index is 12.7. The van der Waals surface area contributed by atoms with Crippen molar-refractivity contribution >= 4 is 16.7 Å². The minimum absolute atomic E-state index is 0.0955. The molecule has 25 heavy (non-hydrogen) atoms. The molecule has 1 atom stereocenters. The number of hydrogen-bond donors (Lipinski definition) is 1. The van der Waals surface area contributed by atoms with Crippen LogP contribution in [0.5, 0.6) is 0 Å². The summed E-state index contributed by atoms with van der Waals surface area (Å²) >= 11 is 0. The molecular formula is C18H18F3NO2S. The second kappa shape index (κ2) is 8.29. The molecular weight excluding hydrogens is 351 g/mol. The van der Waals surface area contributed by atoms with Crippen LogP contribution >= 0.6 is 0 Å². The topological polar surface area (TPSA) is 46.2 Å². The van der Waals surface area contributed by atoms with Gasteiger partial charge >= 0.3 is 6.18 Å². The van der Waals surface area contributed by atoms with E-state index in [1.165, 1.54) is 12.1 Å². The number of alkyl halides is 3. The number of hydrogen-bond acceptors (Lipinski definition) is 2. The molecule has 0 aromatic heterocycles. The highest BCUT2D eigenvalue weighted by atomic mass is 32.2. The van der Waals surface area contributed by atoms with Crippen LogP contribution in [0.3, 0.4) is 0 Å². The van der Waals surface area contributed by atoms with Crippen LogP contribution in [0, 0.1) is 6.92 Å². The summed E-state index contributed by atoms with van der Waals surface area (Å²) in [5.41, 5.74) is 1.50. The van der Waals surface area contributed by atoms with Crippen LogP contribution in [0.4, 0.5) is 13.2 Å². The van der Waals surface area contributed by atoms with Gasteiger partial charge in [-0.05, 0) is 29.7 Å². The van der Waals surface area contributed by atoms with Crippen molar-refractivity contribution in [3.63, 3.8) is 0 Å². The first-order chi connectivity index (χ1) is 11.8. The van der Waals surface area contributed by atoms with Crippen LogP contribution in [-0.2, 0) is 34.1 Å². The van der Waals surface area contributed by atoms with Gasteiger partial charge < -0.3 is 5.32 Å². The smallest absolute Gasteiger partial charge is 0.351 e. The van der Waals surface area contributed by atoms with Gasteiger partial charge in [-0.15, -0.1) is 0 Å². The minimum atomic E-state index is -4.44. The first kappa shape index (κ1) is 19.2. The van der Waals surface area contributed by atoms with E-state index < -0.39 is 28.4 Å². The van der Waals surface area contributed by atoms with E-state index in [-0.39, 0.29) is 11.5 Å². The molecule has 0 aliphatic carbocycles. The Morgan fingerprint density at radius 2 is 1.84 bits per heavy atom. The predicted molar refractivity (Wildman–Crippen MR) is 91.2 cm³/mol. The number of aryl methyl sites for hydroxylation is 1. The highest BCUT2D eigenvalue weighted by molar-refractivity contribution is 7.84. The molecule has 3 nitrogen and oxygen atoms in total. The number of nitrogens with one attached hydrogen (secondary N) is 1. The summed E-state index contributed by atoms with van der Waals surface area (Å²) in [5, 5.41) is 2.68. The Morgan fingerprint density at radius 3 is 2.52 bits per heavy atom. The molecule has 134 valence electrons. The minimum Gasteiger partial charge on any atom is -0.351 e. The fraction of sp³-hybridized carbons (Fsp3) is 0.278. The van der Waals surface area contributed by atoms with Crippen LogP contribution in [-0.4, -0.2) is 15.9 Å². The van der Waals surface area contributed by atoms with Crippen molar-refractivity contribution in [2.45, 2.75) is 25.4 Å². The van der Waals surface area contributed by atoms with Crippen molar-refractivity contribution in [2.75, 3.05) is 5.75 Å². The van der Waals surface area contributed by atoms with Gasteiger partial charge in [-0.3, -0.25) is 9.00 Å². The lowest BCUT2D eigenvalue weighted by atomic mass is 10.1. The zero-order valence-corrected chi connectivity index (χ0v) is 14.4. The lowest BCUT2D eigenvalue weighted by Crippen LogP contribution is -2.28. The van der Waals surface area contributed by atoms with Crippen LogP contribution in [0.2, 0.25) is 0 Å². The van der Waals surface area contributed by atoms with Gasteiger partial charge in [-0.25, -0.2) is 0 Å². The molecule has 7 heteroatoms. The highest BCUT2D eigenvalue weighted by Gasteiger charge is 2.30. The average Bonchev–Trinajstić information content (AvgIpc) is 2.53. The summed E-state index contributed by atoms with van der Waals surface area (Å²) in [6.07, 6.45) is -4.44. The van der Waals surface area contributed by atoms with Crippen LogP contribution < -0.4 is 5.32 Å². The Bertz CT molecular complexity index is 775. The zero-order chi connectivity index (χ0) is 18.4. The molecule has 0 radical (unpaired) electrons. The Morgan fingerprint density at radius 1 is 1.12 bits per heavy atom. The van der Waals surface area contributed by atoms with E-state index in [0.29, 0.717) is 12.1 Å². The monoisotopic (exact) mass is 369 g/mol. The number of benzene rings is 2. The molecule has 0 fully saturated rings. The van der Waals surface area contributed by atoms with Crippen LogP contribution in [0.15, 0.2) is 48.5 Å². The van der Waals surface area contributed by atoms with Crippen LogP contribution in [0.25, 0.3) is 0 Å². The quantitative estimate of drug-likeness (QED) is 0.846. The van der Waals surface area contributed by atoms with E-state index >= 15 is 0 Å². The summed E-state index contributed by atoms with van der Waals surface area (Å²) in [5.74, 6) is -0.738. The summed E-state index contributed by atoms with van der Waals surface area (Å²) in [6.45, 7) is 2.25. The number of carbonyl (C=O) groups is 1. The van der Waals surface area contributed by atoms with Crippen molar-refractivity contribution < 1.29 is 22.2 Å². The highest BCUT2D eigenvalue weighted by Crippen LogP contribution is 2.29. The number of rotatable bonds is 6. The van der Waals surface area contributed by atoms with E-state index in [1.54, 1.807) is 0 Å². The maximum Gasteiger partial charge on any atom is 0.416 e. The molecule has 0 saturated carbocycles. The first-order valence-electron chi connectivity index (χ1n) is 7.58. The fourth-order valence-electron chi connectivity index (χ4n) is 2.27. The van der Waals surface area contributed by atoms with Crippen molar-refractivity contribution in [3.05, 3.63) is 70.8 Å². The summed E-state index contributed by atoms with van der Waals surface area (Å²) in [6, 6.07) is 12.2. The summed E-state index contributed by atoms with van der Waals surface area (Å²) in [7, 11) is -1.58. The molecule has 1 N–H and O–H groups in total. The number of halogens is 3. The molecule has 0 aliphatic heterocycles. The number of amides is 1. The standard InChI is InChI=1S/C18H18F3NO2S/c1-13-5-2-3-7-15(13)10-22-17(23)12-25(24)11-14-6-4-8-16(9-14)18(19,20)21/h2-9H,10-12H2,1H3,(H,22,23). The van der Waals surface area contributed by atoms with Gasteiger partial charge in [-0.1, -0.05) is 42.5 Å². The van der Waals surface area contributed by atoms with Gasteiger partial charge in [0.1, 0.15) is 5.75 Å². The molecule has 2 aromatic rings. The molecule has 0 saturated heterocycles. The van der Waals surface area contributed by atoms with E-state index in [1.807, 2.05) is 31.2 Å². The van der Waals surface area contributed by atoms with Gasteiger partial charge in [-0.2, -0.15) is 13.2 Å². The predicted octanol–water partition coefficient (Wildman–Crippen LogP) is 3.58. The molecule has 0 bridgehead atoms. The van der Waals surface area contributed by atoms with E-state index in [2.05, 4.69) is 5.32 Å². The second-order valence-corrected chi connectivity index (χ2v) is 7.09. The SMILES string of the molecule is Cc1ccccc1CNC(=O)CS(=O)Cc1cccc(C(F)(F)F)c1. The molecule has 1 unspecified atom stereocenters.